The second-order valence-corrected chi connectivity index (χ2v) is 6.29. The number of carbonyl (C=O) groups excluding carboxylic acids is 1. The van der Waals surface area contributed by atoms with Gasteiger partial charge in [-0.1, -0.05) is 42.5 Å². The van der Waals surface area contributed by atoms with Crippen molar-refractivity contribution in [1.29, 1.82) is 0 Å². The number of carbonyl (C=O) groups is 1. The normalized spacial score (nSPS) is 16.1. The van der Waals surface area contributed by atoms with Crippen molar-refractivity contribution in [1.82, 2.24) is 9.99 Å². The SMILES string of the molecule is COc1ccc(C2CC(c3ccccc3)=NN2C(=O)c2ccncc2)cc1. The largest absolute Gasteiger partial charge is 0.497 e. The van der Waals surface area contributed by atoms with Crippen molar-refractivity contribution >= 4 is 11.6 Å². The number of hydrogen-bond acceptors (Lipinski definition) is 4. The van der Waals surface area contributed by atoms with Gasteiger partial charge in [0.1, 0.15) is 5.75 Å². The third-order valence-electron chi connectivity index (χ3n) is 4.65. The molecule has 1 aliphatic rings. The van der Waals surface area contributed by atoms with Crippen LogP contribution in [0.4, 0.5) is 0 Å². The van der Waals surface area contributed by atoms with Gasteiger partial charge in [0, 0.05) is 24.4 Å². The zero-order valence-corrected chi connectivity index (χ0v) is 14.9. The number of hydrogen-bond donors (Lipinski definition) is 0. The first kappa shape index (κ1) is 17.0. The Balaban J connectivity index is 1.71. The number of rotatable bonds is 4. The molecular weight excluding hydrogens is 338 g/mol. The number of aromatic nitrogens is 1. The molecular formula is C22H19N3O2. The van der Waals surface area contributed by atoms with Crippen LogP contribution in [0.15, 0.2) is 84.2 Å². The maximum atomic E-state index is 13.1. The van der Waals surface area contributed by atoms with Crippen LogP contribution < -0.4 is 4.74 Å². The number of nitrogens with zero attached hydrogens (tertiary/aromatic N) is 3. The van der Waals surface area contributed by atoms with Crippen molar-refractivity contribution in [2.45, 2.75) is 12.5 Å². The summed E-state index contributed by atoms with van der Waals surface area (Å²) in [5.74, 6) is 0.650. The van der Waals surface area contributed by atoms with E-state index in [9.17, 15) is 4.79 Å². The Bertz CT molecular complexity index is 954. The average Bonchev–Trinajstić information content (AvgIpc) is 3.20. The van der Waals surface area contributed by atoms with Crippen LogP contribution in [0.3, 0.4) is 0 Å². The van der Waals surface area contributed by atoms with Gasteiger partial charge in [-0.25, -0.2) is 5.01 Å². The molecule has 0 saturated heterocycles. The van der Waals surface area contributed by atoms with Gasteiger partial charge in [-0.15, -0.1) is 0 Å². The summed E-state index contributed by atoms with van der Waals surface area (Å²) in [5, 5.41) is 6.27. The van der Waals surface area contributed by atoms with Crippen LogP contribution >= 0.6 is 0 Å². The zero-order valence-electron chi connectivity index (χ0n) is 14.9. The minimum absolute atomic E-state index is 0.135. The summed E-state index contributed by atoms with van der Waals surface area (Å²) in [6, 6.07) is 21.0. The summed E-state index contributed by atoms with van der Waals surface area (Å²) in [5.41, 5.74) is 3.52. The first-order valence-corrected chi connectivity index (χ1v) is 8.76. The predicted molar refractivity (Wildman–Crippen MR) is 104 cm³/mol. The van der Waals surface area contributed by atoms with Crippen molar-refractivity contribution in [3.63, 3.8) is 0 Å². The molecule has 1 unspecified atom stereocenters. The van der Waals surface area contributed by atoms with Crippen molar-refractivity contribution in [3.8, 4) is 5.75 Å². The summed E-state index contributed by atoms with van der Waals surface area (Å²) in [4.78, 5) is 17.1. The van der Waals surface area contributed by atoms with Gasteiger partial charge in [0.25, 0.3) is 5.91 Å². The van der Waals surface area contributed by atoms with Gasteiger partial charge in [-0.3, -0.25) is 9.78 Å². The van der Waals surface area contributed by atoms with Crippen LogP contribution in [-0.4, -0.2) is 28.7 Å². The second-order valence-electron chi connectivity index (χ2n) is 6.29. The summed E-state index contributed by atoms with van der Waals surface area (Å²) < 4.78 is 5.25. The van der Waals surface area contributed by atoms with Gasteiger partial charge >= 0.3 is 0 Å². The molecule has 3 aromatic rings. The second kappa shape index (κ2) is 7.41. The number of hydrazone groups is 1. The van der Waals surface area contributed by atoms with E-state index in [1.807, 2.05) is 54.6 Å². The Kier molecular flexibility index (Phi) is 4.66. The molecule has 1 atom stereocenters. The summed E-state index contributed by atoms with van der Waals surface area (Å²) in [7, 11) is 1.64. The van der Waals surface area contributed by atoms with E-state index < -0.39 is 0 Å². The van der Waals surface area contributed by atoms with Crippen LogP contribution in [0.2, 0.25) is 0 Å². The summed E-state index contributed by atoms with van der Waals surface area (Å²) >= 11 is 0. The predicted octanol–water partition coefficient (Wildman–Crippen LogP) is 4.08. The lowest BCUT2D eigenvalue weighted by atomic mass is 9.98. The molecule has 0 spiro atoms. The molecule has 1 aliphatic heterocycles. The maximum Gasteiger partial charge on any atom is 0.274 e. The van der Waals surface area contributed by atoms with E-state index in [1.165, 1.54) is 0 Å². The first-order chi connectivity index (χ1) is 13.3. The minimum atomic E-state index is -0.160. The highest BCUT2D eigenvalue weighted by Crippen LogP contribution is 2.34. The van der Waals surface area contributed by atoms with Crippen molar-refractivity contribution < 1.29 is 9.53 Å². The molecule has 27 heavy (non-hydrogen) atoms. The van der Waals surface area contributed by atoms with Crippen LogP contribution in [0.5, 0.6) is 5.75 Å². The molecule has 0 bridgehead atoms. The highest BCUT2D eigenvalue weighted by molar-refractivity contribution is 6.05. The van der Waals surface area contributed by atoms with Crippen molar-refractivity contribution in [3.05, 3.63) is 95.8 Å². The van der Waals surface area contributed by atoms with Gasteiger partial charge in [-0.05, 0) is 35.4 Å². The van der Waals surface area contributed by atoms with Crippen LogP contribution in [-0.2, 0) is 0 Å². The fourth-order valence-electron chi connectivity index (χ4n) is 3.22. The molecule has 2 heterocycles. The Labute approximate surface area is 157 Å². The third-order valence-corrected chi connectivity index (χ3v) is 4.65. The molecule has 1 aromatic heterocycles. The highest BCUT2D eigenvalue weighted by atomic mass is 16.5. The monoisotopic (exact) mass is 357 g/mol. The Hall–Kier alpha value is -3.47. The van der Waals surface area contributed by atoms with E-state index in [0.29, 0.717) is 12.0 Å². The van der Waals surface area contributed by atoms with E-state index in [2.05, 4.69) is 10.1 Å². The Morgan fingerprint density at radius 1 is 1.00 bits per heavy atom. The Morgan fingerprint density at radius 2 is 1.70 bits per heavy atom. The molecule has 1 amide bonds. The van der Waals surface area contributed by atoms with E-state index in [-0.39, 0.29) is 11.9 Å². The lowest BCUT2D eigenvalue weighted by molar-refractivity contribution is 0.0711. The molecule has 0 fully saturated rings. The molecule has 2 aromatic carbocycles. The number of pyridine rings is 1. The van der Waals surface area contributed by atoms with Crippen molar-refractivity contribution in [2.75, 3.05) is 7.11 Å². The molecule has 0 N–H and O–H groups in total. The van der Waals surface area contributed by atoms with Crippen molar-refractivity contribution in [2.24, 2.45) is 5.10 Å². The molecule has 4 rings (SSSR count). The molecule has 0 aliphatic carbocycles. The standard InChI is InChI=1S/C22H19N3O2/c1-27-19-9-7-17(8-10-19)21-15-20(16-5-3-2-4-6-16)24-25(21)22(26)18-11-13-23-14-12-18/h2-14,21H,15H2,1H3. The fourth-order valence-corrected chi connectivity index (χ4v) is 3.22. The van der Waals surface area contributed by atoms with Gasteiger partial charge in [0.2, 0.25) is 0 Å². The van der Waals surface area contributed by atoms with Gasteiger partial charge in [0.15, 0.2) is 0 Å². The molecule has 5 nitrogen and oxygen atoms in total. The van der Waals surface area contributed by atoms with Gasteiger partial charge < -0.3 is 4.74 Å². The summed E-state index contributed by atoms with van der Waals surface area (Å²) in [6.45, 7) is 0. The number of ether oxygens (including phenoxy) is 1. The smallest absolute Gasteiger partial charge is 0.274 e. The first-order valence-electron chi connectivity index (χ1n) is 8.76. The van der Waals surface area contributed by atoms with Gasteiger partial charge in [0.05, 0.1) is 18.9 Å². The number of benzene rings is 2. The minimum Gasteiger partial charge on any atom is -0.497 e. The topological polar surface area (TPSA) is 54.8 Å². The number of methoxy groups -OCH3 is 1. The highest BCUT2D eigenvalue weighted by Gasteiger charge is 2.33. The lowest BCUT2D eigenvalue weighted by Crippen LogP contribution is -2.27. The fraction of sp³-hybridized carbons (Fsp3) is 0.136. The van der Waals surface area contributed by atoms with E-state index in [4.69, 9.17) is 4.74 Å². The third kappa shape index (κ3) is 3.44. The summed E-state index contributed by atoms with van der Waals surface area (Å²) in [6.07, 6.45) is 3.90. The van der Waals surface area contributed by atoms with Crippen LogP contribution in [0.25, 0.3) is 0 Å². The van der Waals surface area contributed by atoms with Crippen LogP contribution in [0, 0.1) is 0 Å². The van der Waals surface area contributed by atoms with E-state index in [0.717, 1.165) is 22.6 Å². The molecule has 0 saturated carbocycles. The van der Waals surface area contributed by atoms with Gasteiger partial charge in [-0.2, -0.15) is 5.10 Å². The Morgan fingerprint density at radius 3 is 2.37 bits per heavy atom. The quantitative estimate of drug-likeness (QED) is 0.707. The lowest BCUT2D eigenvalue weighted by Gasteiger charge is -2.22. The number of amides is 1. The van der Waals surface area contributed by atoms with Crippen LogP contribution in [0.1, 0.15) is 33.9 Å². The molecule has 134 valence electrons. The van der Waals surface area contributed by atoms with E-state index >= 15 is 0 Å². The average molecular weight is 357 g/mol. The zero-order chi connectivity index (χ0) is 18.6. The van der Waals surface area contributed by atoms with E-state index in [1.54, 1.807) is 36.6 Å². The maximum absolute atomic E-state index is 13.1. The molecule has 0 radical (unpaired) electrons. The molecule has 5 heteroatoms.